The first-order valence-corrected chi connectivity index (χ1v) is 14.5. The summed E-state index contributed by atoms with van der Waals surface area (Å²) in [4.78, 5) is 68.1. The largest absolute Gasteiger partial charge is 0.493 e. The molecule has 3 atom stereocenters. The van der Waals surface area contributed by atoms with Crippen molar-refractivity contribution in [3.05, 3.63) is 68.1 Å². The first-order valence-electron chi connectivity index (χ1n) is 12.8. The van der Waals surface area contributed by atoms with Crippen molar-refractivity contribution in [1.29, 1.82) is 0 Å². The van der Waals surface area contributed by atoms with Gasteiger partial charge in [-0.2, -0.15) is 0 Å². The number of H-pyrrole nitrogens is 1. The molecule has 5 rings (SSSR count). The number of aromatic nitrogens is 1. The lowest BCUT2D eigenvalue weighted by Crippen LogP contribution is -2.32. The molecule has 0 unspecified atom stereocenters. The first-order chi connectivity index (χ1) is 19.8. The Hall–Kier alpha value is -4.10. The van der Waals surface area contributed by atoms with Gasteiger partial charge in [-0.3, -0.25) is 14.4 Å². The van der Waals surface area contributed by atoms with E-state index in [4.69, 9.17) is 18.9 Å². The van der Waals surface area contributed by atoms with Gasteiger partial charge in [0.2, 0.25) is 11.8 Å². The topological polar surface area (TPSA) is 141 Å². The highest BCUT2D eigenvalue weighted by Gasteiger charge is 2.56. The Balaban J connectivity index is 1.50. The van der Waals surface area contributed by atoms with Crippen molar-refractivity contribution >= 4 is 52.5 Å². The number of hydrogen-bond donors (Lipinski definition) is 1. The van der Waals surface area contributed by atoms with Crippen LogP contribution in [0.2, 0.25) is 0 Å². The van der Waals surface area contributed by atoms with E-state index in [2.05, 4.69) is 4.98 Å². The van der Waals surface area contributed by atoms with Gasteiger partial charge in [-0.1, -0.05) is 29.2 Å². The zero-order chi connectivity index (χ0) is 29.3. The molecule has 2 aliphatic rings. The minimum atomic E-state index is -0.813. The van der Waals surface area contributed by atoms with Crippen molar-refractivity contribution in [3.63, 3.8) is 0 Å². The van der Waals surface area contributed by atoms with E-state index in [-0.39, 0.29) is 24.7 Å². The summed E-state index contributed by atoms with van der Waals surface area (Å²) in [5.41, 5.74) is 1.27. The summed E-state index contributed by atoms with van der Waals surface area (Å²) in [5, 5.41) is -0.255. The maximum absolute atomic E-state index is 13.9. The van der Waals surface area contributed by atoms with Crippen molar-refractivity contribution in [2.45, 2.75) is 30.0 Å². The van der Waals surface area contributed by atoms with Crippen LogP contribution in [0.25, 0.3) is 0 Å². The number of benzene rings is 2. The second-order valence-electron chi connectivity index (χ2n) is 9.03. The highest BCUT2D eigenvalue weighted by atomic mass is 32.2. The third-order valence-corrected chi connectivity index (χ3v) is 9.06. The highest BCUT2D eigenvalue weighted by Crippen LogP contribution is 2.53. The molecule has 1 aromatic heterocycles. The Labute approximate surface area is 242 Å². The molecule has 1 fully saturated rings. The standard InChI is InChI=1S/C28H26N2O9S2/c1-4-37-19(31)13-39-17-11-8-15(12-18(17)36-3)20-21-23(40-24-22(20)41-28(35)29-24)26(33)30(25(21)32)16-9-6-14(7-10-16)27(34)38-5-2/h6-12,20-21,23H,4-5,13H2,1-3H3,(H,29,35)/t20-,21-,23+/m0/s1. The van der Waals surface area contributed by atoms with Crippen molar-refractivity contribution in [2.24, 2.45) is 5.92 Å². The van der Waals surface area contributed by atoms with Gasteiger partial charge in [0.15, 0.2) is 18.1 Å². The zero-order valence-electron chi connectivity index (χ0n) is 22.3. The fraction of sp³-hybridized carbons (Fsp3) is 0.321. The quantitative estimate of drug-likeness (QED) is 0.288. The first kappa shape index (κ1) is 28.4. The second kappa shape index (κ2) is 11.8. The molecule has 3 heterocycles. The molecular formula is C28H26N2O9S2. The Morgan fingerprint density at radius 2 is 1.68 bits per heavy atom. The van der Waals surface area contributed by atoms with E-state index in [9.17, 15) is 24.0 Å². The molecule has 11 nitrogen and oxygen atoms in total. The van der Waals surface area contributed by atoms with Gasteiger partial charge in [0, 0.05) is 10.8 Å². The number of carbonyl (C=O) groups excluding carboxylic acids is 4. The van der Waals surface area contributed by atoms with Gasteiger partial charge in [0.1, 0.15) is 5.25 Å². The fourth-order valence-electron chi connectivity index (χ4n) is 4.93. The number of carbonyl (C=O) groups is 4. The number of thioether (sulfide) groups is 1. The molecule has 2 amide bonds. The summed E-state index contributed by atoms with van der Waals surface area (Å²) in [5.74, 6) is -2.70. The van der Waals surface area contributed by atoms with Crippen LogP contribution in [0.1, 0.15) is 40.6 Å². The van der Waals surface area contributed by atoms with Crippen LogP contribution in [-0.4, -0.2) is 60.9 Å². The SMILES string of the molecule is CCOC(=O)COc1ccc([C@@H]2c3sc(=O)[nH]c3S[C@H]3C(=O)N(c4ccc(C(=O)OCC)cc4)C(=O)[C@@H]23)cc1OC. The maximum atomic E-state index is 13.9. The number of rotatable bonds is 9. The highest BCUT2D eigenvalue weighted by molar-refractivity contribution is 8.00. The van der Waals surface area contributed by atoms with E-state index in [0.717, 1.165) is 28.0 Å². The predicted octanol–water partition coefficient (Wildman–Crippen LogP) is 3.36. The summed E-state index contributed by atoms with van der Waals surface area (Å²) >= 11 is 2.15. The van der Waals surface area contributed by atoms with Crippen LogP contribution in [0.3, 0.4) is 0 Å². The molecule has 1 saturated heterocycles. The van der Waals surface area contributed by atoms with Gasteiger partial charge in [0.25, 0.3) is 0 Å². The van der Waals surface area contributed by atoms with E-state index >= 15 is 0 Å². The molecule has 41 heavy (non-hydrogen) atoms. The lowest BCUT2D eigenvalue weighted by atomic mass is 9.83. The second-order valence-corrected chi connectivity index (χ2v) is 11.2. The number of fused-ring (bicyclic) bond motifs is 2. The van der Waals surface area contributed by atoms with Gasteiger partial charge in [-0.25, -0.2) is 14.5 Å². The average Bonchev–Trinajstić information content (AvgIpc) is 3.46. The van der Waals surface area contributed by atoms with Crippen LogP contribution < -0.4 is 19.2 Å². The van der Waals surface area contributed by atoms with Gasteiger partial charge in [-0.15, -0.1) is 0 Å². The molecule has 13 heteroatoms. The molecular weight excluding hydrogens is 572 g/mol. The van der Waals surface area contributed by atoms with Gasteiger partial charge >= 0.3 is 16.8 Å². The van der Waals surface area contributed by atoms with Gasteiger partial charge < -0.3 is 23.9 Å². The molecule has 214 valence electrons. The Bertz CT molecular complexity index is 1560. The fourth-order valence-corrected chi connectivity index (χ4v) is 7.44. The van der Waals surface area contributed by atoms with E-state index in [1.165, 1.54) is 31.4 Å². The maximum Gasteiger partial charge on any atom is 0.344 e. The number of methoxy groups -OCH3 is 1. The summed E-state index contributed by atoms with van der Waals surface area (Å²) in [6, 6.07) is 11.1. The lowest BCUT2D eigenvalue weighted by Gasteiger charge is -2.30. The zero-order valence-corrected chi connectivity index (χ0v) is 24.0. The van der Waals surface area contributed by atoms with Crippen LogP contribution in [0.15, 0.2) is 52.3 Å². The summed E-state index contributed by atoms with van der Waals surface area (Å²) < 4.78 is 21.0. The Kier molecular flexibility index (Phi) is 8.18. The van der Waals surface area contributed by atoms with Crippen LogP contribution in [0.5, 0.6) is 11.5 Å². The third kappa shape index (κ3) is 5.34. The molecule has 0 spiro atoms. The van der Waals surface area contributed by atoms with Crippen molar-refractivity contribution in [3.8, 4) is 11.5 Å². The number of amides is 2. The molecule has 3 aromatic rings. The molecule has 2 aliphatic heterocycles. The molecule has 0 bridgehead atoms. The minimum absolute atomic E-state index is 0.223. The number of thiazole rings is 1. The number of aromatic amines is 1. The summed E-state index contributed by atoms with van der Waals surface area (Å²) in [6.45, 7) is 3.54. The number of esters is 2. The molecule has 2 aromatic carbocycles. The summed E-state index contributed by atoms with van der Waals surface area (Å²) in [6.07, 6.45) is 0. The molecule has 0 radical (unpaired) electrons. The lowest BCUT2D eigenvalue weighted by molar-refractivity contribution is -0.145. The number of ether oxygens (including phenoxy) is 4. The number of nitrogens with one attached hydrogen (secondary N) is 1. The molecule has 0 saturated carbocycles. The van der Waals surface area contributed by atoms with Gasteiger partial charge in [-0.05, 0) is 55.8 Å². The van der Waals surface area contributed by atoms with E-state index in [0.29, 0.717) is 38.2 Å². The van der Waals surface area contributed by atoms with Crippen LogP contribution in [-0.2, 0) is 23.9 Å². The predicted molar refractivity (Wildman–Crippen MR) is 150 cm³/mol. The molecule has 0 aliphatic carbocycles. The third-order valence-electron chi connectivity index (χ3n) is 6.66. The molecule has 1 N–H and O–H groups in total. The number of nitrogens with zero attached hydrogens (tertiary/aromatic N) is 1. The Morgan fingerprint density at radius 1 is 0.951 bits per heavy atom. The van der Waals surface area contributed by atoms with Crippen LogP contribution >= 0.6 is 23.1 Å². The van der Waals surface area contributed by atoms with E-state index in [1.54, 1.807) is 32.0 Å². The summed E-state index contributed by atoms with van der Waals surface area (Å²) in [7, 11) is 1.45. The average molecular weight is 599 g/mol. The van der Waals surface area contributed by atoms with Crippen molar-refractivity contribution < 1.29 is 38.1 Å². The van der Waals surface area contributed by atoms with Crippen molar-refractivity contribution in [2.75, 3.05) is 31.8 Å². The minimum Gasteiger partial charge on any atom is -0.493 e. The van der Waals surface area contributed by atoms with E-state index in [1.807, 2.05) is 0 Å². The monoisotopic (exact) mass is 598 g/mol. The Morgan fingerprint density at radius 3 is 2.37 bits per heavy atom. The van der Waals surface area contributed by atoms with Crippen molar-refractivity contribution in [1.82, 2.24) is 4.98 Å². The number of hydrogen-bond acceptors (Lipinski definition) is 11. The van der Waals surface area contributed by atoms with Crippen LogP contribution in [0.4, 0.5) is 5.69 Å². The number of imide groups is 1. The normalized spacial score (nSPS) is 19.4. The number of anilines is 1. The van der Waals surface area contributed by atoms with Crippen LogP contribution in [0, 0.1) is 5.92 Å². The van der Waals surface area contributed by atoms with E-state index < -0.39 is 40.8 Å². The smallest absolute Gasteiger partial charge is 0.344 e. The van der Waals surface area contributed by atoms with Gasteiger partial charge in [0.05, 0.1) is 42.5 Å².